The van der Waals surface area contributed by atoms with E-state index in [4.69, 9.17) is 4.74 Å². The molecule has 0 N–H and O–H groups in total. The van der Waals surface area contributed by atoms with Crippen LogP contribution in [0, 0.1) is 15.9 Å². The van der Waals surface area contributed by atoms with Gasteiger partial charge in [0.1, 0.15) is 12.4 Å². The Morgan fingerprint density at radius 1 is 1.17 bits per heavy atom. The molecule has 0 aromatic heterocycles. The van der Waals surface area contributed by atoms with Crippen LogP contribution < -0.4 is 4.74 Å². The molecule has 2 aromatic carbocycles. The Morgan fingerprint density at radius 2 is 1.87 bits per heavy atom. The van der Waals surface area contributed by atoms with Crippen molar-refractivity contribution in [3.8, 4) is 5.75 Å². The number of hydrogen-bond donors (Lipinski definition) is 0. The minimum Gasteiger partial charge on any atom is -0.482 e. The summed E-state index contributed by atoms with van der Waals surface area (Å²) in [7, 11) is 0. The van der Waals surface area contributed by atoms with Crippen LogP contribution in [0.2, 0.25) is 0 Å². The van der Waals surface area contributed by atoms with Crippen LogP contribution in [-0.4, -0.2) is 16.4 Å². The summed E-state index contributed by atoms with van der Waals surface area (Å²) in [4.78, 5) is 10.9. The predicted octanol–water partition coefficient (Wildman–Crippen LogP) is 4.79. The highest BCUT2D eigenvalue weighted by Crippen LogP contribution is 2.46. The van der Waals surface area contributed by atoms with Crippen molar-refractivity contribution in [3.63, 3.8) is 0 Å². The van der Waals surface area contributed by atoms with E-state index in [2.05, 4.69) is 0 Å². The van der Waals surface area contributed by atoms with E-state index in [1.54, 1.807) is 47.8 Å². The molecule has 0 unspecified atom stereocenters. The minimum atomic E-state index is -0.423. The molecule has 0 amide bonds. The standard InChI is InChI=1S/C16H14FNO3S2/c17-13-4-1-11(2-5-13)10-21-15-6-3-12(9-14(15)18(19)20)16-22-7-8-23-16/h1-6,9,16H,7-8,10H2. The van der Waals surface area contributed by atoms with Crippen LogP contribution in [-0.2, 0) is 6.61 Å². The van der Waals surface area contributed by atoms with Crippen LogP contribution in [0.25, 0.3) is 0 Å². The van der Waals surface area contributed by atoms with Crippen molar-refractivity contribution < 1.29 is 14.1 Å². The third kappa shape index (κ3) is 3.97. The lowest BCUT2D eigenvalue weighted by molar-refractivity contribution is -0.386. The van der Waals surface area contributed by atoms with Crippen LogP contribution in [0.15, 0.2) is 42.5 Å². The average molecular weight is 351 g/mol. The fourth-order valence-corrected chi connectivity index (χ4v) is 5.08. The topological polar surface area (TPSA) is 52.4 Å². The molecule has 0 atom stereocenters. The second-order valence-corrected chi connectivity index (χ2v) is 7.70. The van der Waals surface area contributed by atoms with E-state index in [0.29, 0.717) is 0 Å². The Kier molecular flexibility index (Phi) is 5.07. The number of thioether (sulfide) groups is 2. The Hall–Kier alpha value is -1.73. The molecule has 23 heavy (non-hydrogen) atoms. The smallest absolute Gasteiger partial charge is 0.311 e. The molecular weight excluding hydrogens is 337 g/mol. The third-order valence-electron chi connectivity index (χ3n) is 3.38. The van der Waals surface area contributed by atoms with E-state index in [1.165, 1.54) is 12.1 Å². The zero-order valence-electron chi connectivity index (χ0n) is 12.1. The average Bonchev–Trinajstić information content (AvgIpc) is 3.08. The van der Waals surface area contributed by atoms with Gasteiger partial charge >= 0.3 is 5.69 Å². The number of nitro groups is 1. The van der Waals surface area contributed by atoms with Gasteiger partial charge in [0.25, 0.3) is 0 Å². The first-order chi connectivity index (χ1) is 11.1. The molecule has 0 spiro atoms. The molecule has 3 rings (SSSR count). The summed E-state index contributed by atoms with van der Waals surface area (Å²) in [5.74, 6) is 2.03. The highest BCUT2D eigenvalue weighted by molar-refractivity contribution is 8.19. The van der Waals surface area contributed by atoms with E-state index in [0.717, 1.165) is 22.6 Å². The van der Waals surface area contributed by atoms with Gasteiger partial charge in [-0.05, 0) is 29.3 Å². The fourth-order valence-electron chi connectivity index (χ4n) is 2.24. The molecular formula is C16H14FNO3S2. The Balaban J connectivity index is 1.77. The van der Waals surface area contributed by atoms with Crippen LogP contribution in [0.3, 0.4) is 0 Å². The number of benzene rings is 2. The molecule has 0 saturated carbocycles. The molecule has 7 heteroatoms. The summed E-state index contributed by atoms with van der Waals surface area (Å²) >= 11 is 3.59. The van der Waals surface area contributed by atoms with Crippen molar-refractivity contribution >= 4 is 29.2 Å². The zero-order valence-corrected chi connectivity index (χ0v) is 13.7. The minimum absolute atomic E-state index is 0.0299. The molecule has 1 fully saturated rings. The number of rotatable bonds is 5. The summed E-state index contributed by atoms with van der Waals surface area (Å²) in [5.41, 5.74) is 1.67. The van der Waals surface area contributed by atoms with Crippen molar-refractivity contribution in [2.75, 3.05) is 11.5 Å². The highest BCUT2D eigenvalue weighted by Gasteiger charge is 2.23. The Labute approximate surface area is 141 Å². The molecule has 1 saturated heterocycles. The van der Waals surface area contributed by atoms with Crippen LogP contribution in [0.1, 0.15) is 15.7 Å². The van der Waals surface area contributed by atoms with E-state index in [1.807, 2.05) is 6.07 Å². The summed E-state index contributed by atoms with van der Waals surface area (Å²) in [5, 5.41) is 11.3. The molecule has 1 heterocycles. The maximum Gasteiger partial charge on any atom is 0.311 e. The Morgan fingerprint density at radius 3 is 2.52 bits per heavy atom. The van der Waals surface area contributed by atoms with E-state index < -0.39 is 4.92 Å². The van der Waals surface area contributed by atoms with Crippen molar-refractivity contribution in [2.45, 2.75) is 11.2 Å². The number of ether oxygens (including phenoxy) is 1. The summed E-state index contributed by atoms with van der Waals surface area (Å²) < 4.78 is 18.7. The highest BCUT2D eigenvalue weighted by atomic mass is 32.2. The largest absolute Gasteiger partial charge is 0.482 e. The van der Waals surface area contributed by atoms with Crippen molar-refractivity contribution in [2.24, 2.45) is 0 Å². The van der Waals surface area contributed by atoms with Gasteiger partial charge in [-0.25, -0.2) is 4.39 Å². The molecule has 0 radical (unpaired) electrons. The van der Waals surface area contributed by atoms with Crippen molar-refractivity contribution in [1.82, 2.24) is 0 Å². The zero-order chi connectivity index (χ0) is 16.2. The maximum absolute atomic E-state index is 12.9. The SMILES string of the molecule is O=[N+]([O-])c1cc(C2SCCS2)ccc1OCc1ccc(F)cc1. The first kappa shape index (κ1) is 16.1. The van der Waals surface area contributed by atoms with Gasteiger partial charge in [0.2, 0.25) is 0 Å². The first-order valence-electron chi connectivity index (χ1n) is 7.02. The monoisotopic (exact) mass is 351 g/mol. The van der Waals surface area contributed by atoms with Gasteiger partial charge in [-0.2, -0.15) is 0 Å². The molecule has 0 aliphatic carbocycles. The molecule has 1 aliphatic heterocycles. The molecule has 0 bridgehead atoms. The van der Waals surface area contributed by atoms with Crippen LogP contribution in [0.5, 0.6) is 5.75 Å². The van der Waals surface area contributed by atoms with Gasteiger partial charge < -0.3 is 4.74 Å². The van der Waals surface area contributed by atoms with E-state index in [-0.39, 0.29) is 28.4 Å². The van der Waals surface area contributed by atoms with Crippen molar-refractivity contribution in [3.05, 3.63) is 69.5 Å². The molecule has 120 valence electrons. The summed E-state index contributed by atoms with van der Waals surface area (Å²) in [6, 6.07) is 11.0. The molecule has 4 nitrogen and oxygen atoms in total. The first-order valence-corrected chi connectivity index (χ1v) is 9.12. The molecule has 1 aliphatic rings. The second kappa shape index (κ2) is 7.23. The van der Waals surface area contributed by atoms with Gasteiger partial charge in [-0.1, -0.05) is 18.2 Å². The predicted molar refractivity (Wildman–Crippen MR) is 91.5 cm³/mol. The maximum atomic E-state index is 12.9. The van der Waals surface area contributed by atoms with Gasteiger partial charge in [0.05, 0.1) is 9.51 Å². The van der Waals surface area contributed by atoms with E-state index >= 15 is 0 Å². The second-order valence-electron chi connectivity index (χ2n) is 4.97. The number of nitro benzene ring substituents is 1. The van der Waals surface area contributed by atoms with Gasteiger partial charge in [0, 0.05) is 17.6 Å². The van der Waals surface area contributed by atoms with Crippen molar-refractivity contribution in [1.29, 1.82) is 0 Å². The van der Waals surface area contributed by atoms with Gasteiger partial charge in [-0.3, -0.25) is 10.1 Å². The lowest BCUT2D eigenvalue weighted by atomic mass is 10.2. The van der Waals surface area contributed by atoms with Gasteiger partial charge in [0.15, 0.2) is 5.75 Å². The number of nitrogens with zero attached hydrogens (tertiary/aromatic N) is 1. The number of hydrogen-bond acceptors (Lipinski definition) is 5. The summed E-state index contributed by atoms with van der Waals surface area (Å²) in [6.07, 6.45) is 0. The molecule has 2 aromatic rings. The fraction of sp³-hybridized carbons (Fsp3) is 0.250. The van der Waals surface area contributed by atoms with E-state index in [9.17, 15) is 14.5 Å². The van der Waals surface area contributed by atoms with Crippen LogP contribution in [0.4, 0.5) is 10.1 Å². The van der Waals surface area contributed by atoms with Crippen LogP contribution >= 0.6 is 23.5 Å². The third-order valence-corrected chi connectivity index (χ3v) is 6.49. The lowest BCUT2D eigenvalue weighted by Crippen LogP contribution is -2.00. The summed E-state index contributed by atoms with van der Waals surface area (Å²) in [6.45, 7) is 0.160. The number of halogens is 1. The van der Waals surface area contributed by atoms with Gasteiger partial charge in [-0.15, -0.1) is 23.5 Å². The lowest BCUT2D eigenvalue weighted by Gasteiger charge is -2.11. The Bertz CT molecular complexity index is 703. The normalized spacial score (nSPS) is 14.8. The quantitative estimate of drug-likeness (QED) is 0.572.